The number of hydrogen-bond acceptors (Lipinski definition) is 3. The van der Waals surface area contributed by atoms with Crippen molar-refractivity contribution in [3.63, 3.8) is 0 Å². The summed E-state index contributed by atoms with van der Waals surface area (Å²) in [5, 5.41) is 8.06. The van der Waals surface area contributed by atoms with Gasteiger partial charge in [0.05, 0.1) is 5.69 Å². The minimum atomic E-state index is -0.289. The SMILES string of the molecule is CC1CCCC(NC(=O)Cn2nc(-c3ccc(Cl)cc3)ccc2=O)C1C. The molecular weight excluding hydrogens is 350 g/mol. The minimum Gasteiger partial charge on any atom is -0.351 e. The summed E-state index contributed by atoms with van der Waals surface area (Å²) in [6.45, 7) is 4.34. The smallest absolute Gasteiger partial charge is 0.267 e. The Hall–Kier alpha value is -2.14. The molecule has 1 aromatic carbocycles. The van der Waals surface area contributed by atoms with Crippen molar-refractivity contribution in [1.29, 1.82) is 0 Å². The first-order chi connectivity index (χ1) is 12.4. The van der Waals surface area contributed by atoms with Crippen LogP contribution < -0.4 is 10.9 Å². The Labute approximate surface area is 158 Å². The van der Waals surface area contributed by atoms with Gasteiger partial charge in [0.2, 0.25) is 5.91 Å². The number of carbonyl (C=O) groups is 1. The van der Waals surface area contributed by atoms with E-state index in [9.17, 15) is 9.59 Å². The molecule has 138 valence electrons. The zero-order valence-electron chi connectivity index (χ0n) is 15.1. The summed E-state index contributed by atoms with van der Waals surface area (Å²) in [6, 6.07) is 10.5. The monoisotopic (exact) mass is 373 g/mol. The van der Waals surface area contributed by atoms with Gasteiger partial charge in [-0.15, -0.1) is 0 Å². The number of amides is 1. The molecule has 1 amide bonds. The fraction of sp³-hybridized carbons (Fsp3) is 0.450. The molecule has 1 aromatic heterocycles. The topological polar surface area (TPSA) is 64.0 Å². The largest absolute Gasteiger partial charge is 0.351 e. The zero-order valence-corrected chi connectivity index (χ0v) is 15.9. The Kier molecular flexibility index (Phi) is 5.77. The van der Waals surface area contributed by atoms with Gasteiger partial charge in [0, 0.05) is 22.7 Å². The van der Waals surface area contributed by atoms with Crippen molar-refractivity contribution >= 4 is 17.5 Å². The molecule has 0 bridgehead atoms. The Morgan fingerprint density at radius 3 is 2.65 bits per heavy atom. The Bertz CT molecular complexity index is 832. The molecule has 1 aliphatic carbocycles. The highest BCUT2D eigenvalue weighted by Crippen LogP contribution is 2.29. The number of nitrogens with zero attached hydrogens (tertiary/aromatic N) is 2. The lowest BCUT2D eigenvalue weighted by Gasteiger charge is -2.34. The highest BCUT2D eigenvalue weighted by molar-refractivity contribution is 6.30. The molecule has 3 unspecified atom stereocenters. The van der Waals surface area contributed by atoms with Crippen LogP contribution in [0.1, 0.15) is 33.1 Å². The van der Waals surface area contributed by atoms with Gasteiger partial charge >= 0.3 is 0 Å². The van der Waals surface area contributed by atoms with E-state index in [1.54, 1.807) is 18.2 Å². The van der Waals surface area contributed by atoms with Crippen LogP contribution in [0.2, 0.25) is 5.02 Å². The average Bonchev–Trinajstić information content (AvgIpc) is 2.62. The third kappa shape index (κ3) is 4.33. The Morgan fingerprint density at radius 2 is 1.92 bits per heavy atom. The fourth-order valence-electron chi connectivity index (χ4n) is 3.51. The number of halogens is 1. The van der Waals surface area contributed by atoms with Crippen molar-refractivity contribution in [2.24, 2.45) is 11.8 Å². The zero-order chi connectivity index (χ0) is 18.7. The lowest BCUT2D eigenvalue weighted by atomic mass is 9.78. The van der Waals surface area contributed by atoms with E-state index in [1.807, 2.05) is 12.1 Å². The van der Waals surface area contributed by atoms with Crippen LogP contribution in [0.3, 0.4) is 0 Å². The van der Waals surface area contributed by atoms with Gasteiger partial charge in [0.15, 0.2) is 0 Å². The first-order valence-corrected chi connectivity index (χ1v) is 9.45. The normalized spacial score (nSPS) is 22.8. The van der Waals surface area contributed by atoms with Crippen molar-refractivity contribution < 1.29 is 4.79 Å². The molecule has 1 fully saturated rings. The average molecular weight is 374 g/mol. The van der Waals surface area contributed by atoms with Crippen molar-refractivity contribution in [3.05, 3.63) is 51.8 Å². The van der Waals surface area contributed by atoms with Gasteiger partial charge in [-0.2, -0.15) is 5.10 Å². The number of aromatic nitrogens is 2. The van der Waals surface area contributed by atoms with E-state index in [4.69, 9.17) is 11.6 Å². The second-order valence-electron chi connectivity index (χ2n) is 7.16. The van der Waals surface area contributed by atoms with Crippen LogP contribution in [-0.2, 0) is 11.3 Å². The summed E-state index contributed by atoms with van der Waals surface area (Å²) < 4.78 is 1.22. The van der Waals surface area contributed by atoms with Crippen molar-refractivity contribution in [3.8, 4) is 11.3 Å². The molecule has 0 radical (unpaired) electrons. The minimum absolute atomic E-state index is 0.0716. The summed E-state index contributed by atoms with van der Waals surface area (Å²) in [4.78, 5) is 24.5. The van der Waals surface area contributed by atoms with Gasteiger partial charge in [0.1, 0.15) is 6.54 Å². The first-order valence-electron chi connectivity index (χ1n) is 9.07. The quantitative estimate of drug-likeness (QED) is 0.892. The Balaban J connectivity index is 1.72. The van der Waals surface area contributed by atoms with Gasteiger partial charge < -0.3 is 5.32 Å². The van der Waals surface area contributed by atoms with Gasteiger partial charge in [-0.25, -0.2) is 4.68 Å². The molecule has 0 aliphatic heterocycles. The third-order valence-electron chi connectivity index (χ3n) is 5.35. The highest BCUT2D eigenvalue weighted by Gasteiger charge is 2.28. The lowest BCUT2D eigenvalue weighted by Crippen LogP contribution is -2.45. The fourth-order valence-corrected chi connectivity index (χ4v) is 3.64. The van der Waals surface area contributed by atoms with Gasteiger partial charge in [-0.1, -0.05) is 50.4 Å². The van der Waals surface area contributed by atoms with Crippen LogP contribution in [0.5, 0.6) is 0 Å². The molecule has 0 spiro atoms. The summed E-state index contributed by atoms with van der Waals surface area (Å²) in [5.41, 5.74) is 1.19. The number of nitrogens with one attached hydrogen (secondary N) is 1. The molecule has 1 saturated carbocycles. The van der Waals surface area contributed by atoms with Crippen LogP contribution >= 0.6 is 11.6 Å². The summed E-state index contributed by atoms with van der Waals surface area (Å²) in [7, 11) is 0. The molecule has 3 atom stereocenters. The number of rotatable bonds is 4. The molecule has 1 aliphatic rings. The maximum absolute atomic E-state index is 12.4. The Morgan fingerprint density at radius 1 is 1.19 bits per heavy atom. The van der Waals surface area contributed by atoms with Crippen molar-refractivity contribution in [2.45, 2.75) is 45.7 Å². The van der Waals surface area contributed by atoms with Crippen LogP contribution in [-0.4, -0.2) is 21.7 Å². The lowest BCUT2D eigenvalue weighted by molar-refractivity contribution is -0.123. The molecule has 1 heterocycles. The van der Waals surface area contributed by atoms with E-state index in [0.717, 1.165) is 18.4 Å². The van der Waals surface area contributed by atoms with E-state index >= 15 is 0 Å². The maximum Gasteiger partial charge on any atom is 0.267 e. The van der Waals surface area contributed by atoms with Gasteiger partial charge in [0.25, 0.3) is 5.56 Å². The molecule has 6 heteroatoms. The van der Waals surface area contributed by atoms with E-state index in [0.29, 0.717) is 22.6 Å². The number of benzene rings is 1. The predicted molar refractivity (Wildman–Crippen MR) is 103 cm³/mol. The highest BCUT2D eigenvalue weighted by atomic mass is 35.5. The van der Waals surface area contributed by atoms with Crippen LogP contribution in [0.4, 0.5) is 0 Å². The standard InChI is InChI=1S/C20H24ClN3O2/c1-13-4-3-5-17(14(13)2)22-19(25)12-24-20(26)11-10-18(23-24)15-6-8-16(21)9-7-15/h6-11,13-14,17H,3-5,12H2,1-2H3,(H,22,25). The maximum atomic E-state index is 12.4. The van der Waals surface area contributed by atoms with Crippen LogP contribution in [0, 0.1) is 11.8 Å². The predicted octanol–water partition coefficient (Wildman–Crippen LogP) is 3.50. The van der Waals surface area contributed by atoms with Gasteiger partial charge in [-0.3, -0.25) is 9.59 Å². The van der Waals surface area contributed by atoms with Gasteiger partial charge in [-0.05, 0) is 36.5 Å². The third-order valence-corrected chi connectivity index (χ3v) is 5.61. The van der Waals surface area contributed by atoms with Crippen LogP contribution in [0.25, 0.3) is 11.3 Å². The molecule has 26 heavy (non-hydrogen) atoms. The molecule has 0 saturated heterocycles. The summed E-state index contributed by atoms with van der Waals surface area (Å²) >= 11 is 5.91. The molecular formula is C20H24ClN3O2. The molecule has 2 aromatic rings. The molecule has 5 nitrogen and oxygen atoms in total. The second-order valence-corrected chi connectivity index (χ2v) is 7.60. The van der Waals surface area contributed by atoms with Crippen molar-refractivity contribution in [2.75, 3.05) is 0 Å². The molecule has 3 rings (SSSR count). The van der Waals surface area contributed by atoms with E-state index in [-0.39, 0.29) is 24.1 Å². The number of hydrogen-bond donors (Lipinski definition) is 1. The van der Waals surface area contributed by atoms with Crippen LogP contribution in [0.15, 0.2) is 41.2 Å². The summed E-state index contributed by atoms with van der Waals surface area (Å²) in [6.07, 6.45) is 3.32. The number of carbonyl (C=O) groups excluding carboxylic acids is 1. The van der Waals surface area contributed by atoms with E-state index in [2.05, 4.69) is 24.3 Å². The molecule has 1 N–H and O–H groups in total. The van der Waals surface area contributed by atoms with E-state index < -0.39 is 0 Å². The first kappa shape index (κ1) is 18.6. The summed E-state index contributed by atoms with van der Waals surface area (Å²) in [5.74, 6) is 0.875. The van der Waals surface area contributed by atoms with Crippen molar-refractivity contribution in [1.82, 2.24) is 15.1 Å². The second kappa shape index (κ2) is 8.04. The van der Waals surface area contributed by atoms with E-state index in [1.165, 1.54) is 17.2 Å².